The molecule has 2 aliphatic carbocycles. The zero-order chi connectivity index (χ0) is 20.9. The van der Waals surface area contributed by atoms with Crippen LogP contribution < -0.4 is 0 Å². The highest BCUT2D eigenvalue weighted by atomic mass is 19.2. The van der Waals surface area contributed by atoms with Gasteiger partial charge >= 0.3 is 0 Å². The Hall–Kier alpha value is -1.70. The lowest BCUT2D eigenvalue weighted by Gasteiger charge is -2.42. The molecule has 2 aromatic carbocycles. The van der Waals surface area contributed by atoms with Crippen LogP contribution in [-0.4, -0.2) is 0 Å². The van der Waals surface area contributed by atoms with Crippen LogP contribution in [-0.2, 0) is 0 Å². The van der Waals surface area contributed by atoms with Crippen molar-refractivity contribution in [2.75, 3.05) is 0 Å². The molecular weight excluding hydrogens is 374 g/mol. The van der Waals surface area contributed by atoms with E-state index in [2.05, 4.69) is 31.2 Å². The van der Waals surface area contributed by atoms with Gasteiger partial charge in [0.15, 0.2) is 11.6 Å². The largest absolute Gasteiger partial charge is 0.204 e. The summed E-state index contributed by atoms with van der Waals surface area (Å²) in [7, 11) is 0. The zero-order valence-electron chi connectivity index (χ0n) is 18.4. The molecule has 2 aromatic rings. The maximum Gasteiger partial charge on any atom is 0.159 e. The highest BCUT2D eigenvalue weighted by Crippen LogP contribution is 2.48. The molecule has 2 fully saturated rings. The second-order valence-corrected chi connectivity index (χ2v) is 9.81. The Kier molecular flexibility index (Phi) is 7.23. The summed E-state index contributed by atoms with van der Waals surface area (Å²) in [5.74, 6) is 1.93. The van der Waals surface area contributed by atoms with E-state index in [4.69, 9.17) is 0 Å². The van der Waals surface area contributed by atoms with Gasteiger partial charge in [-0.15, -0.1) is 0 Å². The standard InChI is InChI=1S/C28H36F2/c1-2-3-4-5-6-20-7-8-25-18-24(14-13-23(25)17-20)21-9-11-22(12-10-21)26-15-16-27(29)28(30)19-26/h9-12,15-16,19-20,23-25H,2-8,13-14,17-18H2,1H3. The van der Waals surface area contributed by atoms with Crippen molar-refractivity contribution >= 4 is 0 Å². The summed E-state index contributed by atoms with van der Waals surface area (Å²) in [5.41, 5.74) is 3.11. The Labute approximate surface area is 181 Å². The van der Waals surface area contributed by atoms with Gasteiger partial charge in [0.05, 0.1) is 0 Å². The Morgan fingerprint density at radius 1 is 0.733 bits per heavy atom. The minimum Gasteiger partial charge on any atom is -0.204 e. The van der Waals surface area contributed by atoms with Crippen molar-refractivity contribution in [1.29, 1.82) is 0 Å². The normalized spacial score (nSPS) is 26.4. The third-order valence-corrected chi connectivity index (χ3v) is 7.82. The molecule has 2 heteroatoms. The number of unbranched alkanes of at least 4 members (excludes halogenated alkanes) is 3. The average molecular weight is 411 g/mol. The van der Waals surface area contributed by atoms with Gasteiger partial charge < -0.3 is 0 Å². The van der Waals surface area contributed by atoms with Gasteiger partial charge in [-0.25, -0.2) is 8.78 Å². The maximum atomic E-state index is 13.5. The molecule has 0 heterocycles. The van der Waals surface area contributed by atoms with E-state index in [9.17, 15) is 8.78 Å². The van der Waals surface area contributed by atoms with Crippen LogP contribution in [0, 0.1) is 29.4 Å². The molecule has 0 saturated heterocycles. The van der Waals surface area contributed by atoms with Crippen LogP contribution >= 0.6 is 0 Å². The quantitative estimate of drug-likeness (QED) is 0.400. The molecule has 2 saturated carbocycles. The number of halogens is 2. The molecule has 0 aliphatic heterocycles. The number of hydrogen-bond acceptors (Lipinski definition) is 0. The van der Waals surface area contributed by atoms with E-state index in [1.807, 2.05) is 0 Å². The number of benzene rings is 2. The third-order valence-electron chi connectivity index (χ3n) is 7.82. The lowest BCUT2D eigenvalue weighted by molar-refractivity contribution is 0.113. The van der Waals surface area contributed by atoms with Gasteiger partial charge in [-0.05, 0) is 84.6 Å². The van der Waals surface area contributed by atoms with Gasteiger partial charge in [-0.2, -0.15) is 0 Å². The average Bonchev–Trinajstić information content (AvgIpc) is 2.78. The van der Waals surface area contributed by atoms with Gasteiger partial charge in [0.2, 0.25) is 0 Å². The number of fused-ring (bicyclic) bond motifs is 1. The summed E-state index contributed by atoms with van der Waals surface area (Å²) >= 11 is 0. The van der Waals surface area contributed by atoms with Gasteiger partial charge in [-0.1, -0.05) is 75.8 Å². The van der Waals surface area contributed by atoms with Crippen molar-refractivity contribution in [3.8, 4) is 11.1 Å². The van der Waals surface area contributed by atoms with E-state index in [-0.39, 0.29) is 0 Å². The van der Waals surface area contributed by atoms with Crippen LogP contribution in [0.15, 0.2) is 42.5 Å². The highest BCUT2D eigenvalue weighted by Gasteiger charge is 2.35. The summed E-state index contributed by atoms with van der Waals surface area (Å²) < 4.78 is 26.7. The van der Waals surface area contributed by atoms with Crippen LogP contribution in [0.1, 0.15) is 89.0 Å². The van der Waals surface area contributed by atoms with Crippen LogP contribution in [0.3, 0.4) is 0 Å². The first kappa shape index (κ1) is 21.5. The van der Waals surface area contributed by atoms with Crippen molar-refractivity contribution in [3.05, 3.63) is 59.7 Å². The van der Waals surface area contributed by atoms with Crippen molar-refractivity contribution in [3.63, 3.8) is 0 Å². The van der Waals surface area contributed by atoms with Gasteiger partial charge in [0, 0.05) is 0 Å². The first-order valence-corrected chi connectivity index (χ1v) is 12.2. The summed E-state index contributed by atoms with van der Waals surface area (Å²) in [6, 6.07) is 12.7. The van der Waals surface area contributed by atoms with E-state index < -0.39 is 11.6 Å². The molecule has 30 heavy (non-hydrogen) atoms. The fraction of sp³-hybridized carbons (Fsp3) is 0.571. The molecular formula is C28H36F2. The van der Waals surface area contributed by atoms with Gasteiger partial charge in [0.25, 0.3) is 0 Å². The molecule has 2 aliphatic rings. The summed E-state index contributed by atoms with van der Waals surface area (Å²) in [5, 5.41) is 0. The monoisotopic (exact) mass is 410 g/mol. The molecule has 0 bridgehead atoms. The Balaban J connectivity index is 1.32. The zero-order valence-corrected chi connectivity index (χ0v) is 18.4. The fourth-order valence-electron chi connectivity index (χ4n) is 6.03. The summed E-state index contributed by atoms with van der Waals surface area (Å²) in [6.07, 6.45) is 15.4. The third kappa shape index (κ3) is 5.13. The van der Waals surface area contributed by atoms with Crippen molar-refractivity contribution in [2.24, 2.45) is 17.8 Å². The Morgan fingerprint density at radius 3 is 2.23 bits per heavy atom. The molecule has 4 atom stereocenters. The topological polar surface area (TPSA) is 0 Å². The minimum atomic E-state index is -0.789. The summed E-state index contributed by atoms with van der Waals surface area (Å²) in [6.45, 7) is 2.29. The van der Waals surface area contributed by atoms with Crippen LogP contribution in [0.2, 0.25) is 0 Å². The van der Waals surface area contributed by atoms with E-state index in [1.165, 1.54) is 88.3 Å². The van der Waals surface area contributed by atoms with Crippen molar-refractivity contribution in [1.82, 2.24) is 0 Å². The first-order chi connectivity index (χ1) is 14.6. The molecule has 0 nitrogen and oxygen atoms in total. The lowest BCUT2D eigenvalue weighted by Crippen LogP contribution is -2.30. The maximum absolute atomic E-state index is 13.5. The fourth-order valence-corrected chi connectivity index (χ4v) is 6.03. The smallest absolute Gasteiger partial charge is 0.159 e. The van der Waals surface area contributed by atoms with Crippen LogP contribution in [0.4, 0.5) is 8.78 Å². The number of hydrogen-bond donors (Lipinski definition) is 0. The van der Waals surface area contributed by atoms with E-state index in [0.29, 0.717) is 5.92 Å². The van der Waals surface area contributed by atoms with Crippen LogP contribution in [0.25, 0.3) is 11.1 Å². The summed E-state index contributed by atoms with van der Waals surface area (Å²) in [4.78, 5) is 0. The van der Waals surface area contributed by atoms with Gasteiger partial charge in [0.1, 0.15) is 0 Å². The first-order valence-electron chi connectivity index (χ1n) is 12.2. The van der Waals surface area contributed by atoms with Crippen molar-refractivity contribution < 1.29 is 8.78 Å². The van der Waals surface area contributed by atoms with E-state index in [1.54, 1.807) is 6.07 Å². The van der Waals surface area contributed by atoms with E-state index in [0.717, 1.165) is 28.9 Å². The predicted molar refractivity (Wildman–Crippen MR) is 121 cm³/mol. The van der Waals surface area contributed by atoms with E-state index >= 15 is 0 Å². The molecule has 4 unspecified atom stereocenters. The molecule has 0 radical (unpaired) electrons. The SMILES string of the molecule is CCCCCCC1CCC2CC(c3ccc(-c4ccc(F)c(F)c4)cc3)CCC2C1. The second-order valence-electron chi connectivity index (χ2n) is 9.81. The molecule has 0 spiro atoms. The predicted octanol–water partition coefficient (Wildman–Crippen LogP) is 8.90. The molecule has 0 amide bonds. The molecule has 4 rings (SSSR count). The molecule has 162 valence electrons. The molecule has 0 aromatic heterocycles. The van der Waals surface area contributed by atoms with Crippen molar-refractivity contribution in [2.45, 2.75) is 83.5 Å². The highest BCUT2D eigenvalue weighted by molar-refractivity contribution is 5.63. The second kappa shape index (κ2) is 10.1. The van der Waals surface area contributed by atoms with Gasteiger partial charge in [-0.3, -0.25) is 0 Å². The Bertz CT molecular complexity index is 810. The Morgan fingerprint density at radius 2 is 1.47 bits per heavy atom. The lowest BCUT2D eigenvalue weighted by atomic mass is 9.63. The van der Waals surface area contributed by atoms with Crippen LogP contribution in [0.5, 0.6) is 0 Å². The molecule has 0 N–H and O–H groups in total. The number of rotatable bonds is 7. The minimum absolute atomic E-state index is 0.659.